The minimum atomic E-state index is 0.537. The van der Waals surface area contributed by atoms with Crippen molar-refractivity contribution in [3.8, 4) is 0 Å². The first-order valence-electron chi connectivity index (χ1n) is 5.41. The molecule has 0 saturated carbocycles. The lowest BCUT2D eigenvalue weighted by Crippen LogP contribution is -2.39. The van der Waals surface area contributed by atoms with Gasteiger partial charge < -0.3 is 10.2 Å². The van der Waals surface area contributed by atoms with Crippen LogP contribution in [-0.2, 0) is 0 Å². The maximum atomic E-state index is 5.52. The number of likely N-dealkylation sites (N-methyl/N-ethyl adjacent to an activating group) is 1. The summed E-state index contributed by atoms with van der Waals surface area (Å²) in [5.41, 5.74) is 0. The number of rotatable bonds is 8. The molecule has 84 valence electrons. The summed E-state index contributed by atoms with van der Waals surface area (Å²) in [5.74, 6) is 0.603. The molecule has 0 bridgehead atoms. The summed E-state index contributed by atoms with van der Waals surface area (Å²) in [6.45, 7) is 10.9. The molecule has 14 heavy (non-hydrogen) atoms. The van der Waals surface area contributed by atoms with E-state index in [1.807, 2.05) is 6.08 Å². The number of allylic oxidation sites excluding steroid dienone is 1. The number of halogens is 1. The number of hydrogen-bond donors (Lipinski definition) is 1. The van der Waals surface area contributed by atoms with Gasteiger partial charge in [0.05, 0.1) is 0 Å². The fourth-order valence-corrected chi connectivity index (χ4v) is 1.48. The predicted molar refractivity (Wildman–Crippen MR) is 65.1 cm³/mol. The largest absolute Gasteiger partial charge is 0.310 e. The lowest BCUT2D eigenvalue weighted by molar-refractivity contribution is 0.274. The van der Waals surface area contributed by atoms with Crippen LogP contribution in [0, 0.1) is 0 Å². The zero-order valence-electron chi connectivity index (χ0n) is 9.59. The highest BCUT2D eigenvalue weighted by Gasteiger charge is 2.04. The molecule has 0 aliphatic heterocycles. The van der Waals surface area contributed by atoms with Crippen LogP contribution in [-0.4, -0.2) is 43.0 Å². The molecule has 3 heteroatoms. The smallest absolute Gasteiger partial charge is 0.0404 e. The van der Waals surface area contributed by atoms with Crippen molar-refractivity contribution < 1.29 is 0 Å². The van der Waals surface area contributed by atoms with Crippen molar-refractivity contribution >= 4 is 11.6 Å². The molecule has 0 radical (unpaired) electrons. The number of nitrogens with one attached hydrogen (secondary N) is 1. The summed E-state index contributed by atoms with van der Waals surface area (Å²) in [6, 6.07) is 0.537. The Balaban J connectivity index is 3.53. The third-order valence-corrected chi connectivity index (χ3v) is 2.44. The van der Waals surface area contributed by atoms with Crippen molar-refractivity contribution in [1.29, 1.82) is 0 Å². The molecule has 0 amide bonds. The normalized spacial score (nSPS) is 14.1. The molecule has 0 aromatic carbocycles. The minimum Gasteiger partial charge on any atom is -0.310 e. The van der Waals surface area contributed by atoms with Crippen LogP contribution < -0.4 is 5.32 Å². The van der Waals surface area contributed by atoms with E-state index in [-0.39, 0.29) is 0 Å². The molecule has 0 aromatic rings. The van der Waals surface area contributed by atoms with E-state index in [0.29, 0.717) is 11.9 Å². The lowest BCUT2D eigenvalue weighted by Gasteiger charge is -2.22. The van der Waals surface area contributed by atoms with Gasteiger partial charge in [0.1, 0.15) is 0 Å². The van der Waals surface area contributed by atoms with Gasteiger partial charge in [0.25, 0.3) is 0 Å². The summed E-state index contributed by atoms with van der Waals surface area (Å²) in [4.78, 5) is 2.42. The summed E-state index contributed by atoms with van der Waals surface area (Å²) < 4.78 is 0. The molecule has 0 saturated heterocycles. The van der Waals surface area contributed by atoms with Gasteiger partial charge in [-0.15, -0.1) is 11.6 Å². The molecule has 0 aliphatic carbocycles. The average molecular weight is 219 g/mol. The lowest BCUT2D eigenvalue weighted by atomic mass is 10.3. The van der Waals surface area contributed by atoms with Crippen molar-refractivity contribution in [3.63, 3.8) is 0 Å². The third kappa shape index (κ3) is 7.36. The van der Waals surface area contributed by atoms with Crippen LogP contribution in [0.3, 0.4) is 0 Å². The van der Waals surface area contributed by atoms with Crippen molar-refractivity contribution in [2.75, 3.05) is 32.1 Å². The Morgan fingerprint density at radius 2 is 1.93 bits per heavy atom. The first kappa shape index (κ1) is 13.9. The maximum Gasteiger partial charge on any atom is 0.0404 e. The Hall–Kier alpha value is -0.0500. The second kappa shape index (κ2) is 9.50. The molecule has 1 N–H and O–H groups in total. The van der Waals surface area contributed by atoms with E-state index in [9.17, 15) is 0 Å². The van der Waals surface area contributed by atoms with Crippen LogP contribution in [0.1, 0.15) is 20.8 Å². The van der Waals surface area contributed by atoms with E-state index in [1.165, 1.54) is 0 Å². The van der Waals surface area contributed by atoms with Gasteiger partial charge in [-0.05, 0) is 20.0 Å². The predicted octanol–water partition coefficient (Wildman–Crippen LogP) is 2.10. The van der Waals surface area contributed by atoms with Crippen LogP contribution >= 0.6 is 11.6 Å². The van der Waals surface area contributed by atoms with Crippen molar-refractivity contribution in [2.45, 2.75) is 26.8 Å². The summed E-state index contributed by atoms with van der Waals surface area (Å²) in [7, 11) is 0. The Bertz CT molecular complexity index is 144. The van der Waals surface area contributed by atoms with Gasteiger partial charge in [-0.25, -0.2) is 0 Å². The van der Waals surface area contributed by atoms with Crippen LogP contribution in [0.25, 0.3) is 0 Å². The molecule has 0 aromatic heterocycles. The van der Waals surface area contributed by atoms with Gasteiger partial charge in [0.2, 0.25) is 0 Å². The fourth-order valence-electron chi connectivity index (χ4n) is 1.35. The van der Waals surface area contributed by atoms with Gasteiger partial charge in [-0.3, -0.25) is 0 Å². The average Bonchev–Trinajstić information content (AvgIpc) is 2.21. The highest BCUT2D eigenvalue weighted by atomic mass is 35.5. The van der Waals surface area contributed by atoms with Crippen LogP contribution in [0.2, 0.25) is 0 Å². The van der Waals surface area contributed by atoms with Gasteiger partial charge >= 0.3 is 0 Å². The number of hydrogen-bond acceptors (Lipinski definition) is 2. The zero-order chi connectivity index (χ0) is 10.8. The molecule has 0 rings (SSSR count). The summed E-state index contributed by atoms with van der Waals surface area (Å²) in [6.07, 6.45) is 4.05. The second-order valence-electron chi connectivity index (χ2n) is 3.42. The third-order valence-electron chi connectivity index (χ3n) is 2.27. The number of alkyl halides is 1. The summed E-state index contributed by atoms with van der Waals surface area (Å²) >= 11 is 5.52. The second-order valence-corrected chi connectivity index (χ2v) is 3.73. The minimum absolute atomic E-state index is 0.537. The monoisotopic (exact) mass is 218 g/mol. The Kier molecular flexibility index (Phi) is 9.47. The Morgan fingerprint density at radius 3 is 2.43 bits per heavy atom. The Labute approximate surface area is 93.3 Å². The van der Waals surface area contributed by atoms with Crippen LogP contribution in [0.5, 0.6) is 0 Å². The zero-order valence-corrected chi connectivity index (χ0v) is 10.3. The molecule has 0 spiro atoms. The van der Waals surface area contributed by atoms with E-state index in [1.54, 1.807) is 0 Å². The topological polar surface area (TPSA) is 15.3 Å². The molecular formula is C11H23ClN2. The highest BCUT2D eigenvalue weighted by molar-refractivity contribution is 6.18. The van der Waals surface area contributed by atoms with Crippen molar-refractivity contribution in [1.82, 2.24) is 10.2 Å². The standard InChI is InChI=1S/C11H23ClN2/c1-4-14(5-2)10-11(3)13-9-7-6-8-12/h6-7,11,13H,4-5,8-10H2,1-3H3/b7-6+. The van der Waals surface area contributed by atoms with Gasteiger partial charge in [0, 0.05) is 25.0 Å². The molecule has 0 heterocycles. The number of nitrogens with zero attached hydrogens (tertiary/aromatic N) is 1. The fraction of sp³-hybridized carbons (Fsp3) is 0.818. The van der Waals surface area contributed by atoms with E-state index in [0.717, 1.165) is 26.2 Å². The van der Waals surface area contributed by atoms with Crippen LogP contribution in [0.4, 0.5) is 0 Å². The maximum absolute atomic E-state index is 5.52. The van der Waals surface area contributed by atoms with Crippen molar-refractivity contribution in [2.24, 2.45) is 0 Å². The van der Waals surface area contributed by atoms with Crippen LogP contribution in [0.15, 0.2) is 12.2 Å². The molecule has 0 aliphatic rings. The van der Waals surface area contributed by atoms with Gasteiger partial charge in [-0.2, -0.15) is 0 Å². The van der Waals surface area contributed by atoms with E-state index in [4.69, 9.17) is 11.6 Å². The molecular weight excluding hydrogens is 196 g/mol. The first-order valence-corrected chi connectivity index (χ1v) is 5.94. The van der Waals surface area contributed by atoms with E-state index in [2.05, 4.69) is 37.1 Å². The quantitative estimate of drug-likeness (QED) is 0.496. The Morgan fingerprint density at radius 1 is 1.29 bits per heavy atom. The molecule has 1 atom stereocenters. The van der Waals surface area contributed by atoms with E-state index >= 15 is 0 Å². The SMILES string of the molecule is CCN(CC)CC(C)NC/C=C/CCl. The summed E-state index contributed by atoms with van der Waals surface area (Å²) in [5, 5.41) is 3.43. The first-order chi connectivity index (χ1) is 6.74. The highest BCUT2D eigenvalue weighted by Crippen LogP contribution is 1.91. The van der Waals surface area contributed by atoms with E-state index < -0.39 is 0 Å². The van der Waals surface area contributed by atoms with Gasteiger partial charge in [0.15, 0.2) is 0 Å². The molecule has 1 unspecified atom stereocenters. The van der Waals surface area contributed by atoms with Gasteiger partial charge in [-0.1, -0.05) is 26.0 Å². The molecule has 2 nitrogen and oxygen atoms in total. The van der Waals surface area contributed by atoms with Crippen molar-refractivity contribution in [3.05, 3.63) is 12.2 Å². The molecule has 0 fully saturated rings.